The monoisotopic (exact) mass is 493 g/mol. The van der Waals surface area contributed by atoms with Crippen LogP contribution in [0.4, 0.5) is 5.69 Å². The van der Waals surface area contributed by atoms with Gasteiger partial charge in [-0.2, -0.15) is 0 Å². The van der Waals surface area contributed by atoms with Crippen LogP contribution in [-0.4, -0.2) is 57.6 Å². The highest BCUT2D eigenvalue weighted by Crippen LogP contribution is 2.26. The Kier molecular flexibility index (Phi) is 9.73. The molecule has 2 amide bonds. The van der Waals surface area contributed by atoms with Gasteiger partial charge in [-0.1, -0.05) is 48.0 Å². The molecule has 0 heterocycles. The third kappa shape index (κ3) is 7.75. The molecule has 7 nitrogen and oxygen atoms in total. The Morgan fingerprint density at radius 3 is 2.36 bits per heavy atom. The lowest BCUT2D eigenvalue weighted by Crippen LogP contribution is -2.48. The molecule has 2 rings (SSSR count). The summed E-state index contributed by atoms with van der Waals surface area (Å²) in [5.74, 6) is -0.443. The van der Waals surface area contributed by atoms with Crippen molar-refractivity contribution in [3.05, 3.63) is 64.7 Å². The van der Waals surface area contributed by atoms with Crippen molar-refractivity contribution in [1.82, 2.24) is 10.2 Å². The van der Waals surface area contributed by atoms with Crippen LogP contribution in [0.15, 0.2) is 48.5 Å². The highest BCUT2D eigenvalue weighted by molar-refractivity contribution is 7.92. The lowest BCUT2D eigenvalue weighted by molar-refractivity contribution is -0.139. The Morgan fingerprint density at radius 1 is 1.09 bits per heavy atom. The van der Waals surface area contributed by atoms with E-state index in [1.165, 1.54) is 11.4 Å². The number of nitrogens with one attached hydrogen (secondary N) is 1. The summed E-state index contributed by atoms with van der Waals surface area (Å²) in [4.78, 5) is 26.9. The van der Waals surface area contributed by atoms with Gasteiger partial charge in [-0.15, -0.1) is 0 Å². The van der Waals surface area contributed by atoms with Gasteiger partial charge in [-0.25, -0.2) is 8.42 Å². The van der Waals surface area contributed by atoms with Crippen LogP contribution in [0.5, 0.6) is 0 Å². The fourth-order valence-corrected chi connectivity index (χ4v) is 4.79. The van der Waals surface area contributed by atoms with Gasteiger partial charge < -0.3 is 10.2 Å². The van der Waals surface area contributed by atoms with E-state index in [0.29, 0.717) is 30.1 Å². The second kappa shape index (κ2) is 12.0. The quantitative estimate of drug-likeness (QED) is 0.519. The van der Waals surface area contributed by atoms with E-state index in [2.05, 4.69) is 5.32 Å². The third-order valence-corrected chi connectivity index (χ3v) is 6.90. The number of anilines is 1. The zero-order valence-corrected chi connectivity index (χ0v) is 21.1. The van der Waals surface area contributed by atoms with Crippen molar-refractivity contribution in [2.75, 3.05) is 30.7 Å². The standard InChI is InChI=1S/C24H32ClN3O4S/c1-18-12-13-21(25)17-22(18)28(33(4,31)32)15-8-11-23(29)27(19(2)24(30)26-3)16-14-20-9-6-5-7-10-20/h5-7,9-10,12-13,17,19H,8,11,14-16H2,1-4H3,(H,26,30)/t19-/m1/s1. The maximum absolute atomic E-state index is 13.1. The van der Waals surface area contributed by atoms with Gasteiger partial charge in [-0.05, 0) is 49.9 Å². The maximum Gasteiger partial charge on any atom is 0.242 e. The van der Waals surface area contributed by atoms with Crippen LogP contribution < -0.4 is 9.62 Å². The van der Waals surface area contributed by atoms with E-state index in [1.807, 2.05) is 37.3 Å². The van der Waals surface area contributed by atoms with Crippen LogP contribution in [-0.2, 0) is 26.0 Å². The first-order chi connectivity index (χ1) is 15.5. The molecular formula is C24H32ClN3O4S. The zero-order chi connectivity index (χ0) is 24.6. The second-order valence-corrected chi connectivity index (χ2v) is 10.3. The second-order valence-electron chi connectivity index (χ2n) is 7.98. The molecule has 0 aliphatic heterocycles. The molecular weight excluding hydrogens is 462 g/mol. The number of benzene rings is 2. The van der Waals surface area contributed by atoms with Crippen LogP contribution >= 0.6 is 11.6 Å². The fraction of sp³-hybridized carbons (Fsp3) is 0.417. The Labute approximate surface area is 201 Å². The van der Waals surface area contributed by atoms with Crippen molar-refractivity contribution in [1.29, 1.82) is 0 Å². The molecule has 180 valence electrons. The number of hydrogen-bond donors (Lipinski definition) is 1. The van der Waals surface area contributed by atoms with Crippen molar-refractivity contribution in [2.45, 2.75) is 39.2 Å². The highest BCUT2D eigenvalue weighted by atomic mass is 35.5. The van der Waals surface area contributed by atoms with Crippen molar-refractivity contribution in [3.63, 3.8) is 0 Å². The van der Waals surface area contributed by atoms with Crippen LogP contribution in [0.1, 0.15) is 30.9 Å². The van der Waals surface area contributed by atoms with Gasteiger partial charge in [0.2, 0.25) is 21.8 Å². The van der Waals surface area contributed by atoms with Crippen LogP contribution in [0.2, 0.25) is 5.02 Å². The lowest BCUT2D eigenvalue weighted by Gasteiger charge is -2.29. The minimum Gasteiger partial charge on any atom is -0.357 e. The number of rotatable bonds is 11. The average molecular weight is 494 g/mol. The number of halogens is 1. The Bertz CT molecular complexity index is 1060. The van der Waals surface area contributed by atoms with Crippen LogP contribution in [0.3, 0.4) is 0 Å². The number of nitrogens with zero attached hydrogens (tertiary/aromatic N) is 2. The molecule has 0 unspecified atom stereocenters. The largest absolute Gasteiger partial charge is 0.357 e. The molecule has 33 heavy (non-hydrogen) atoms. The molecule has 1 atom stereocenters. The van der Waals surface area contributed by atoms with E-state index in [9.17, 15) is 18.0 Å². The highest BCUT2D eigenvalue weighted by Gasteiger charge is 2.26. The van der Waals surface area contributed by atoms with E-state index in [4.69, 9.17) is 11.6 Å². The number of likely N-dealkylation sites (N-methyl/N-ethyl adjacent to an activating group) is 1. The van der Waals surface area contributed by atoms with E-state index < -0.39 is 16.1 Å². The predicted octanol–water partition coefficient (Wildman–Crippen LogP) is 3.40. The Balaban J connectivity index is 2.11. The first-order valence-corrected chi connectivity index (χ1v) is 13.1. The van der Waals surface area contributed by atoms with Crippen LogP contribution in [0, 0.1) is 6.92 Å². The fourth-order valence-electron chi connectivity index (χ4n) is 3.61. The topological polar surface area (TPSA) is 86.8 Å². The van der Waals surface area contributed by atoms with Gasteiger partial charge in [0.25, 0.3) is 0 Å². The van der Waals surface area contributed by atoms with E-state index in [-0.39, 0.29) is 24.8 Å². The van der Waals surface area contributed by atoms with Gasteiger partial charge in [0.1, 0.15) is 6.04 Å². The molecule has 0 aromatic heterocycles. The van der Waals surface area contributed by atoms with Gasteiger partial charge in [-0.3, -0.25) is 13.9 Å². The summed E-state index contributed by atoms with van der Waals surface area (Å²) < 4.78 is 26.1. The molecule has 0 aliphatic carbocycles. The first-order valence-electron chi connectivity index (χ1n) is 10.8. The summed E-state index contributed by atoms with van der Waals surface area (Å²) in [7, 11) is -2.03. The summed E-state index contributed by atoms with van der Waals surface area (Å²) in [5.41, 5.74) is 2.34. The minimum atomic E-state index is -3.57. The minimum absolute atomic E-state index is 0.113. The number of carbonyl (C=O) groups excluding carboxylic acids is 2. The molecule has 0 bridgehead atoms. The summed E-state index contributed by atoms with van der Waals surface area (Å²) in [6, 6.07) is 14.2. The average Bonchev–Trinajstić information content (AvgIpc) is 2.77. The summed E-state index contributed by atoms with van der Waals surface area (Å²) >= 11 is 6.08. The normalized spacial score (nSPS) is 12.2. The molecule has 1 N–H and O–H groups in total. The van der Waals surface area contributed by atoms with Crippen molar-refractivity contribution < 1.29 is 18.0 Å². The Hall–Kier alpha value is -2.58. The number of amides is 2. The number of carbonyl (C=O) groups is 2. The molecule has 0 saturated heterocycles. The molecule has 0 fully saturated rings. The smallest absolute Gasteiger partial charge is 0.242 e. The van der Waals surface area contributed by atoms with Crippen molar-refractivity contribution in [3.8, 4) is 0 Å². The summed E-state index contributed by atoms with van der Waals surface area (Å²) in [6.07, 6.45) is 2.17. The molecule has 0 radical (unpaired) electrons. The number of aryl methyl sites for hydroxylation is 1. The van der Waals surface area contributed by atoms with Gasteiger partial charge in [0.15, 0.2) is 0 Å². The Morgan fingerprint density at radius 2 is 1.76 bits per heavy atom. The molecule has 9 heteroatoms. The van der Waals surface area contributed by atoms with Gasteiger partial charge in [0.05, 0.1) is 11.9 Å². The lowest BCUT2D eigenvalue weighted by atomic mass is 10.1. The first kappa shape index (κ1) is 26.7. The summed E-state index contributed by atoms with van der Waals surface area (Å²) in [5, 5.41) is 3.03. The van der Waals surface area contributed by atoms with Crippen molar-refractivity contribution in [2.24, 2.45) is 0 Å². The third-order valence-electron chi connectivity index (χ3n) is 5.49. The van der Waals surface area contributed by atoms with Crippen LogP contribution in [0.25, 0.3) is 0 Å². The molecule has 0 aliphatic rings. The molecule has 0 spiro atoms. The molecule has 2 aromatic rings. The van der Waals surface area contributed by atoms with E-state index in [0.717, 1.165) is 17.4 Å². The molecule has 2 aromatic carbocycles. The van der Waals surface area contributed by atoms with E-state index >= 15 is 0 Å². The van der Waals surface area contributed by atoms with Gasteiger partial charge >= 0.3 is 0 Å². The SMILES string of the molecule is CNC(=O)[C@@H](C)N(CCc1ccccc1)C(=O)CCCN(c1cc(Cl)ccc1C)S(C)(=O)=O. The molecule has 0 saturated carbocycles. The number of sulfonamides is 1. The maximum atomic E-state index is 13.1. The summed E-state index contributed by atoms with van der Waals surface area (Å²) in [6.45, 7) is 4.03. The van der Waals surface area contributed by atoms with Crippen molar-refractivity contribution >= 4 is 39.1 Å². The predicted molar refractivity (Wildman–Crippen MR) is 133 cm³/mol. The van der Waals surface area contributed by atoms with E-state index in [1.54, 1.807) is 30.0 Å². The van der Waals surface area contributed by atoms with Gasteiger partial charge in [0, 0.05) is 31.6 Å². The zero-order valence-electron chi connectivity index (χ0n) is 19.5. The number of hydrogen-bond acceptors (Lipinski definition) is 4.